The molecule has 0 bridgehead atoms. The number of primary amides is 1. The number of nitrogen functional groups attached to an aromatic ring is 1. The van der Waals surface area contributed by atoms with Gasteiger partial charge in [-0.3, -0.25) is 4.79 Å². The lowest BCUT2D eigenvalue weighted by Crippen LogP contribution is -2.17. The summed E-state index contributed by atoms with van der Waals surface area (Å²) in [7, 11) is 0. The van der Waals surface area contributed by atoms with Gasteiger partial charge < -0.3 is 11.5 Å². The number of pyridine rings is 1. The van der Waals surface area contributed by atoms with Crippen molar-refractivity contribution < 1.29 is 13.6 Å². The molecule has 0 aromatic carbocycles. The first-order valence-electron chi connectivity index (χ1n) is 3.78. The van der Waals surface area contributed by atoms with Crippen molar-refractivity contribution in [2.45, 2.75) is 13.3 Å². The van der Waals surface area contributed by atoms with Gasteiger partial charge in [-0.15, -0.1) is 0 Å². The highest BCUT2D eigenvalue weighted by molar-refractivity contribution is 5.96. The van der Waals surface area contributed by atoms with Gasteiger partial charge in [0.05, 0.1) is 5.69 Å². The van der Waals surface area contributed by atoms with Gasteiger partial charge in [-0.25, -0.2) is 13.8 Å². The van der Waals surface area contributed by atoms with Crippen molar-refractivity contribution in [1.82, 2.24) is 4.98 Å². The van der Waals surface area contributed by atoms with Crippen LogP contribution in [0.3, 0.4) is 0 Å². The summed E-state index contributed by atoms with van der Waals surface area (Å²) < 4.78 is 24.7. The molecule has 0 aliphatic carbocycles. The Bertz CT molecular complexity index is 379. The molecule has 1 aromatic rings. The second kappa shape index (κ2) is 3.57. The minimum absolute atomic E-state index is 0.0133. The number of rotatable bonds is 2. The van der Waals surface area contributed by atoms with E-state index in [1.165, 1.54) is 13.0 Å². The molecule has 0 unspecified atom stereocenters. The van der Waals surface area contributed by atoms with Gasteiger partial charge in [0.25, 0.3) is 12.3 Å². The zero-order chi connectivity index (χ0) is 10.9. The van der Waals surface area contributed by atoms with Crippen molar-refractivity contribution in [3.05, 3.63) is 23.0 Å². The number of aryl methyl sites for hydroxylation is 1. The minimum Gasteiger partial charge on any atom is -0.397 e. The summed E-state index contributed by atoms with van der Waals surface area (Å²) in [6.45, 7) is 1.44. The van der Waals surface area contributed by atoms with E-state index in [4.69, 9.17) is 11.5 Å². The molecule has 1 amide bonds. The third kappa shape index (κ3) is 1.78. The molecule has 1 rings (SSSR count). The molecule has 0 atom stereocenters. The molecular formula is C8H9F2N3O. The van der Waals surface area contributed by atoms with Crippen LogP contribution in [-0.4, -0.2) is 10.9 Å². The molecule has 0 saturated heterocycles. The van der Waals surface area contributed by atoms with Gasteiger partial charge in [0.1, 0.15) is 5.69 Å². The summed E-state index contributed by atoms with van der Waals surface area (Å²) in [5.74, 6) is -0.913. The molecule has 1 aromatic heterocycles. The first-order valence-corrected chi connectivity index (χ1v) is 3.78. The van der Waals surface area contributed by atoms with Crippen LogP contribution in [0.15, 0.2) is 6.07 Å². The van der Waals surface area contributed by atoms with E-state index in [9.17, 15) is 13.6 Å². The number of aromatic nitrogens is 1. The Hall–Kier alpha value is -1.72. The molecule has 0 saturated carbocycles. The molecule has 0 spiro atoms. The van der Waals surface area contributed by atoms with Crippen molar-refractivity contribution in [3.63, 3.8) is 0 Å². The van der Waals surface area contributed by atoms with Crippen molar-refractivity contribution in [1.29, 1.82) is 0 Å². The Kier molecular flexibility index (Phi) is 2.64. The minimum atomic E-state index is -2.74. The van der Waals surface area contributed by atoms with Crippen LogP contribution in [0.25, 0.3) is 0 Å². The van der Waals surface area contributed by atoms with Gasteiger partial charge in [-0.2, -0.15) is 0 Å². The van der Waals surface area contributed by atoms with Gasteiger partial charge >= 0.3 is 0 Å². The molecular weight excluding hydrogens is 192 g/mol. The molecule has 6 heteroatoms. The zero-order valence-corrected chi connectivity index (χ0v) is 7.42. The van der Waals surface area contributed by atoms with Crippen molar-refractivity contribution in [2.75, 3.05) is 5.73 Å². The zero-order valence-electron chi connectivity index (χ0n) is 7.42. The number of amides is 1. The molecule has 76 valence electrons. The number of halogens is 2. The van der Waals surface area contributed by atoms with Crippen LogP contribution in [0.2, 0.25) is 0 Å². The highest BCUT2D eigenvalue weighted by atomic mass is 19.3. The van der Waals surface area contributed by atoms with Gasteiger partial charge in [0.2, 0.25) is 0 Å². The number of nitrogens with zero attached hydrogens (tertiary/aromatic N) is 1. The molecule has 0 radical (unpaired) electrons. The van der Waals surface area contributed by atoms with Crippen LogP contribution < -0.4 is 11.5 Å². The van der Waals surface area contributed by atoms with Gasteiger partial charge in [-0.05, 0) is 18.6 Å². The summed E-state index contributed by atoms with van der Waals surface area (Å²) in [6, 6.07) is 1.26. The second-order valence-corrected chi connectivity index (χ2v) is 2.79. The summed E-state index contributed by atoms with van der Waals surface area (Å²) >= 11 is 0. The van der Waals surface area contributed by atoms with Crippen LogP contribution in [0, 0.1) is 6.92 Å². The Labute approximate surface area is 78.9 Å². The van der Waals surface area contributed by atoms with Gasteiger partial charge in [-0.1, -0.05) is 0 Å². The van der Waals surface area contributed by atoms with Crippen LogP contribution in [0.5, 0.6) is 0 Å². The fraction of sp³-hybridized carbons (Fsp3) is 0.250. The van der Waals surface area contributed by atoms with Crippen molar-refractivity contribution in [2.24, 2.45) is 5.73 Å². The summed E-state index contributed by atoms with van der Waals surface area (Å²) in [5.41, 5.74) is 9.76. The standard InChI is InChI=1S/C8H9F2N3O/c1-3-2-4(11)6(8(12)14)13-5(3)7(9)10/h2,7H,11H2,1H3,(H2,12,14). The molecule has 0 fully saturated rings. The van der Waals surface area contributed by atoms with E-state index < -0.39 is 18.0 Å². The number of hydrogen-bond donors (Lipinski definition) is 2. The Balaban J connectivity index is 3.34. The predicted octanol–water partition coefficient (Wildman–Crippen LogP) is 1.01. The maximum atomic E-state index is 12.3. The first kappa shape index (κ1) is 10.4. The largest absolute Gasteiger partial charge is 0.397 e. The van der Waals surface area contributed by atoms with E-state index in [2.05, 4.69) is 4.98 Å². The fourth-order valence-corrected chi connectivity index (χ4v) is 1.07. The van der Waals surface area contributed by atoms with Crippen LogP contribution >= 0.6 is 0 Å². The van der Waals surface area contributed by atoms with E-state index >= 15 is 0 Å². The molecule has 14 heavy (non-hydrogen) atoms. The normalized spacial score (nSPS) is 10.6. The number of alkyl halides is 2. The van der Waals surface area contributed by atoms with E-state index in [0.29, 0.717) is 0 Å². The lowest BCUT2D eigenvalue weighted by atomic mass is 10.1. The van der Waals surface area contributed by atoms with Crippen molar-refractivity contribution in [3.8, 4) is 0 Å². The van der Waals surface area contributed by atoms with E-state index in [-0.39, 0.29) is 16.9 Å². The summed E-state index contributed by atoms with van der Waals surface area (Å²) in [5, 5.41) is 0. The number of carbonyl (C=O) groups is 1. The van der Waals surface area contributed by atoms with Gasteiger partial charge in [0, 0.05) is 0 Å². The molecule has 0 aliphatic rings. The fourth-order valence-electron chi connectivity index (χ4n) is 1.07. The SMILES string of the molecule is Cc1cc(N)c(C(N)=O)nc1C(F)F. The molecule has 0 aliphatic heterocycles. The lowest BCUT2D eigenvalue weighted by Gasteiger charge is -2.07. The summed E-state index contributed by atoms with van der Waals surface area (Å²) in [4.78, 5) is 14.2. The Morgan fingerprint density at radius 3 is 2.57 bits per heavy atom. The average Bonchev–Trinajstić information content (AvgIpc) is 2.02. The Morgan fingerprint density at radius 1 is 1.57 bits per heavy atom. The van der Waals surface area contributed by atoms with E-state index in [1.54, 1.807) is 0 Å². The van der Waals surface area contributed by atoms with E-state index in [0.717, 1.165) is 0 Å². The highest BCUT2D eigenvalue weighted by Gasteiger charge is 2.17. The molecule has 4 N–H and O–H groups in total. The Morgan fingerprint density at radius 2 is 2.14 bits per heavy atom. The maximum Gasteiger partial charge on any atom is 0.280 e. The second-order valence-electron chi connectivity index (χ2n) is 2.79. The van der Waals surface area contributed by atoms with Crippen LogP contribution in [0.4, 0.5) is 14.5 Å². The average molecular weight is 201 g/mol. The predicted molar refractivity (Wildman–Crippen MR) is 46.9 cm³/mol. The lowest BCUT2D eigenvalue weighted by molar-refractivity contribution is 0.0994. The van der Waals surface area contributed by atoms with Crippen LogP contribution in [0.1, 0.15) is 28.2 Å². The number of nitrogens with two attached hydrogens (primary N) is 2. The number of carbonyl (C=O) groups excluding carboxylic acids is 1. The monoisotopic (exact) mass is 201 g/mol. The molecule has 1 heterocycles. The topological polar surface area (TPSA) is 82.0 Å². The van der Waals surface area contributed by atoms with Crippen LogP contribution in [-0.2, 0) is 0 Å². The van der Waals surface area contributed by atoms with Gasteiger partial charge in [0.15, 0.2) is 5.69 Å². The maximum absolute atomic E-state index is 12.3. The third-order valence-corrected chi connectivity index (χ3v) is 1.72. The summed E-state index contributed by atoms with van der Waals surface area (Å²) in [6.07, 6.45) is -2.74. The smallest absolute Gasteiger partial charge is 0.280 e. The number of hydrogen-bond acceptors (Lipinski definition) is 3. The third-order valence-electron chi connectivity index (χ3n) is 1.72. The quantitative estimate of drug-likeness (QED) is 0.749. The molecule has 4 nitrogen and oxygen atoms in total. The van der Waals surface area contributed by atoms with Crippen molar-refractivity contribution >= 4 is 11.6 Å². The van der Waals surface area contributed by atoms with E-state index in [1.807, 2.05) is 0 Å². The number of anilines is 1. The first-order chi connectivity index (χ1) is 6.43. The highest BCUT2D eigenvalue weighted by Crippen LogP contribution is 2.23.